The Bertz CT molecular complexity index is 442. The Kier molecular flexibility index (Phi) is 4.68. The maximum absolute atomic E-state index is 11.9. The van der Waals surface area contributed by atoms with Gasteiger partial charge < -0.3 is 15.0 Å². The minimum absolute atomic E-state index is 0.0518. The minimum Gasteiger partial charge on any atom is -0.481 e. The maximum Gasteiger partial charge on any atom is 0.305 e. The molecule has 94 valence electrons. The van der Waals surface area contributed by atoms with Crippen molar-refractivity contribution in [2.24, 2.45) is 0 Å². The van der Waals surface area contributed by atoms with Crippen LogP contribution in [0.5, 0.6) is 0 Å². The van der Waals surface area contributed by atoms with Gasteiger partial charge in [0.25, 0.3) is 5.56 Å². The van der Waals surface area contributed by atoms with E-state index in [0.717, 1.165) is 6.42 Å². The van der Waals surface area contributed by atoms with Gasteiger partial charge in [0.15, 0.2) is 5.82 Å². The van der Waals surface area contributed by atoms with E-state index in [9.17, 15) is 9.59 Å². The molecule has 1 unspecified atom stereocenters. The number of hydrogen-bond donors (Lipinski definition) is 2. The average molecular weight is 239 g/mol. The van der Waals surface area contributed by atoms with Crippen molar-refractivity contribution in [1.82, 2.24) is 9.55 Å². The van der Waals surface area contributed by atoms with E-state index in [1.165, 1.54) is 6.20 Å². The second-order valence-corrected chi connectivity index (χ2v) is 3.92. The number of nitrogens with zero attached hydrogens (tertiary/aromatic N) is 2. The summed E-state index contributed by atoms with van der Waals surface area (Å²) in [7, 11) is 0. The van der Waals surface area contributed by atoms with Crippen LogP contribution in [0.25, 0.3) is 0 Å². The van der Waals surface area contributed by atoms with Crippen molar-refractivity contribution in [2.45, 2.75) is 39.3 Å². The molecule has 6 heteroatoms. The van der Waals surface area contributed by atoms with Gasteiger partial charge in [0, 0.05) is 25.0 Å². The van der Waals surface area contributed by atoms with Gasteiger partial charge in [-0.3, -0.25) is 9.59 Å². The number of hydrogen-bond acceptors (Lipinski definition) is 4. The first-order valence-electron chi connectivity index (χ1n) is 5.58. The second-order valence-electron chi connectivity index (χ2n) is 3.92. The quantitative estimate of drug-likeness (QED) is 0.771. The normalized spacial score (nSPS) is 12.1. The third-order valence-electron chi connectivity index (χ3n) is 2.24. The number of rotatable bonds is 6. The summed E-state index contributed by atoms with van der Waals surface area (Å²) in [5.74, 6) is -0.704. The Morgan fingerprint density at radius 1 is 1.65 bits per heavy atom. The number of anilines is 1. The van der Waals surface area contributed by atoms with Crippen LogP contribution >= 0.6 is 0 Å². The van der Waals surface area contributed by atoms with Crippen molar-refractivity contribution in [1.29, 1.82) is 0 Å². The minimum atomic E-state index is -0.908. The largest absolute Gasteiger partial charge is 0.481 e. The summed E-state index contributed by atoms with van der Waals surface area (Å²) in [6.07, 6.45) is 3.96. The molecule has 0 aliphatic heterocycles. The number of carboxylic acids is 1. The Balaban J connectivity index is 2.81. The van der Waals surface area contributed by atoms with E-state index in [1.54, 1.807) is 17.7 Å². The summed E-state index contributed by atoms with van der Waals surface area (Å²) < 4.78 is 1.56. The molecule has 0 aliphatic carbocycles. The van der Waals surface area contributed by atoms with Crippen molar-refractivity contribution in [3.63, 3.8) is 0 Å². The second kappa shape index (κ2) is 6.03. The first-order valence-corrected chi connectivity index (χ1v) is 5.58. The molecule has 0 bridgehead atoms. The lowest BCUT2D eigenvalue weighted by Gasteiger charge is -2.12. The van der Waals surface area contributed by atoms with Gasteiger partial charge in [-0.25, -0.2) is 4.98 Å². The van der Waals surface area contributed by atoms with E-state index >= 15 is 0 Å². The van der Waals surface area contributed by atoms with Gasteiger partial charge >= 0.3 is 5.97 Å². The maximum atomic E-state index is 11.9. The fourth-order valence-corrected chi connectivity index (χ4v) is 1.51. The number of nitrogens with one attached hydrogen (secondary N) is 1. The van der Waals surface area contributed by atoms with E-state index < -0.39 is 5.97 Å². The molecule has 1 aromatic heterocycles. The summed E-state index contributed by atoms with van der Waals surface area (Å²) in [6, 6.07) is -0.329. The number of carbonyl (C=O) groups is 1. The molecule has 0 radical (unpaired) electrons. The van der Waals surface area contributed by atoms with Crippen LogP contribution in [0.15, 0.2) is 17.2 Å². The van der Waals surface area contributed by atoms with Crippen molar-refractivity contribution < 1.29 is 9.90 Å². The van der Waals surface area contributed by atoms with Crippen LogP contribution in [-0.2, 0) is 11.3 Å². The molecule has 2 N–H and O–H groups in total. The number of aromatic nitrogens is 2. The molecule has 0 aromatic carbocycles. The van der Waals surface area contributed by atoms with Crippen LogP contribution in [-0.4, -0.2) is 26.7 Å². The van der Waals surface area contributed by atoms with Crippen LogP contribution in [0.3, 0.4) is 0 Å². The molecular weight excluding hydrogens is 222 g/mol. The van der Waals surface area contributed by atoms with Crippen LogP contribution in [0.2, 0.25) is 0 Å². The van der Waals surface area contributed by atoms with Crippen LogP contribution in [0.4, 0.5) is 5.82 Å². The zero-order chi connectivity index (χ0) is 12.8. The van der Waals surface area contributed by atoms with Crippen molar-refractivity contribution >= 4 is 11.8 Å². The summed E-state index contributed by atoms with van der Waals surface area (Å²) in [5, 5.41) is 11.4. The average Bonchev–Trinajstić information content (AvgIpc) is 2.23. The third-order valence-corrected chi connectivity index (χ3v) is 2.24. The topological polar surface area (TPSA) is 84.2 Å². The number of carboxylic acid groups (broad SMARTS) is 1. The standard InChI is InChI=1S/C11H17N3O3/c1-3-5-14-6-4-12-10(11(14)17)13-8(2)7-9(15)16/h4,6,8H,3,5,7H2,1-2H3,(H,12,13)(H,15,16). The molecule has 1 atom stereocenters. The lowest BCUT2D eigenvalue weighted by atomic mass is 10.2. The predicted molar refractivity (Wildman–Crippen MR) is 64.1 cm³/mol. The van der Waals surface area contributed by atoms with E-state index in [-0.39, 0.29) is 23.8 Å². The van der Waals surface area contributed by atoms with Gasteiger partial charge in [0.1, 0.15) is 0 Å². The highest BCUT2D eigenvalue weighted by molar-refractivity contribution is 5.68. The van der Waals surface area contributed by atoms with Gasteiger partial charge in [-0.1, -0.05) is 6.92 Å². The molecule has 0 spiro atoms. The Hall–Kier alpha value is -1.85. The highest BCUT2D eigenvalue weighted by Crippen LogP contribution is 2.00. The summed E-state index contributed by atoms with van der Waals surface area (Å²) in [6.45, 7) is 4.31. The van der Waals surface area contributed by atoms with Crippen LogP contribution < -0.4 is 10.9 Å². The van der Waals surface area contributed by atoms with Crippen molar-refractivity contribution in [3.05, 3.63) is 22.7 Å². The van der Waals surface area contributed by atoms with Gasteiger partial charge in [0.05, 0.1) is 6.42 Å². The Morgan fingerprint density at radius 2 is 2.35 bits per heavy atom. The first-order chi connectivity index (χ1) is 8.04. The molecular formula is C11H17N3O3. The van der Waals surface area contributed by atoms with E-state index in [0.29, 0.717) is 6.54 Å². The Labute approximate surface area is 99.3 Å². The lowest BCUT2D eigenvalue weighted by Crippen LogP contribution is -2.29. The lowest BCUT2D eigenvalue weighted by molar-refractivity contribution is -0.137. The fraction of sp³-hybridized carbons (Fsp3) is 0.545. The van der Waals surface area contributed by atoms with Crippen LogP contribution in [0, 0.1) is 0 Å². The molecule has 1 rings (SSSR count). The number of aryl methyl sites for hydroxylation is 1. The van der Waals surface area contributed by atoms with E-state index in [2.05, 4.69) is 10.3 Å². The Morgan fingerprint density at radius 3 is 2.94 bits per heavy atom. The molecule has 6 nitrogen and oxygen atoms in total. The SMILES string of the molecule is CCCn1ccnc(NC(C)CC(=O)O)c1=O. The monoisotopic (exact) mass is 239 g/mol. The molecule has 0 saturated carbocycles. The highest BCUT2D eigenvalue weighted by atomic mass is 16.4. The summed E-state index contributed by atoms with van der Waals surface area (Å²) in [5.41, 5.74) is -0.216. The fourth-order valence-electron chi connectivity index (χ4n) is 1.51. The molecule has 0 aliphatic rings. The van der Waals surface area contributed by atoms with Gasteiger partial charge in [-0.15, -0.1) is 0 Å². The first kappa shape index (κ1) is 13.2. The zero-order valence-electron chi connectivity index (χ0n) is 10.0. The molecule has 1 heterocycles. The van der Waals surface area contributed by atoms with Gasteiger partial charge in [-0.05, 0) is 13.3 Å². The molecule has 1 aromatic rings. The molecule has 17 heavy (non-hydrogen) atoms. The van der Waals surface area contributed by atoms with Crippen molar-refractivity contribution in [2.75, 3.05) is 5.32 Å². The smallest absolute Gasteiger partial charge is 0.305 e. The van der Waals surface area contributed by atoms with Crippen LogP contribution in [0.1, 0.15) is 26.7 Å². The highest BCUT2D eigenvalue weighted by Gasteiger charge is 2.11. The van der Waals surface area contributed by atoms with Crippen molar-refractivity contribution in [3.8, 4) is 0 Å². The van der Waals surface area contributed by atoms with Gasteiger partial charge in [-0.2, -0.15) is 0 Å². The predicted octanol–water partition coefficient (Wildman–Crippen LogP) is 0.928. The van der Waals surface area contributed by atoms with E-state index in [4.69, 9.17) is 5.11 Å². The van der Waals surface area contributed by atoms with E-state index in [1.807, 2.05) is 6.92 Å². The zero-order valence-corrected chi connectivity index (χ0v) is 10.0. The number of aliphatic carboxylic acids is 1. The molecule has 0 amide bonds. The summed E-state index contributed by atoms with van der Waals surface area (Å²) in [4.78, 5) is 26.3. The molecule has 0 saturated heterocycles. The third kappa shape index (κ3) is 3.90. The summed E-state index contributed by atoms with van der Waals surface area (Å²) >= 11 is 0. The van der Waals surface area contributed by atoms with Gasteiger partial charge in [0.2, 0.25) is 0 Å². The molecule has 0 fully saturated rings.